The molecule has 0 radical (unpaired) electrons. The number of aromatic nitrogens is 2. The SMILES string of the molecule is COc1ccc(Nc2nc(C)cc(Nc3ccc4c(c3)OCCO4)n2)cc1. The number of benzene rings is 2. The fourth-order valence-electron chi connectivity index (χ4n) is 2.76. The lowest BCUT2D eigenvalue weighted by atomic mass is 10.2. The third-order valence-corrected chi connectivity index (χ3v) is 4.01. The number of nitrogens with zero attached hydrogens (tertiary/aromatic N) is 2. The van der Waals surface area contributed by atoms with E-state index in [1.165, 1.54) is 0 Å². The van der Waals surface area contributed by atoms with Crippen molar-refractivity contribution in [3.05, 3.63) is 54.2 Å². The van der Waals surface area contributed by atoms with E-state index in [2.05, 4.69) is 20.6 Å². The predicted octanol–water partition coefficient (Wildman–Crippen LogP) is 4.05. The van der Waals surface area contributed by atoms with Crippen molar-refractivity contribution in [1.29, 1.82) is 0 Å². The van der Waals surface area contributed by atoms with Crippen molar-refractivity contribution in [1.82, 2.24) is 9.97 Å². The maximum Gasteiger partial charge on any atom is 0.229 e. The molecule has 1 aliphatic rings. The van der Waals surface area contributed by atoms with E-state index >= 15 is 0 Å². The quantitative estimate of drug-likeness (QED) is 0.707. The van der Waals surface area contributed by atoms with Gasteiger partial charge in [0.05, 0.1) is 7.11 Å². The Kier molecular flexibility index (Phi) is 4.65. The Morgan fingerprint density at radius 1 is 0.852 bits per heavy atom. The van der Waals surface area contributed by atoms with Crippen molar-refractivity contribution in [3.63, 3.8) is 0 Å². The molecule has 2 N–H and O–H groups in total. The lowest BCUT2D eigenvalue weighted by Gasteiger charge is -2.19. The molecule has 1 aromatic heterocycles. The summed E-state index contributed by atoms with van der Waals surface area (Å²) in [6, 6.07) is 15.2. The van der Waals surface area contributed by atoms with Crippen molar-refractivity contribution < 1.29 is 14.2 Å². The van der Waals surface area contributed by atoms with Crippen LogP contribution < -0.4 is 24.8 Å². The molecule has 2 aromatic carbocycles. The van der Waals surface area contributed by atoms with Gasteiger partial charge in [0.1, 0.15) is 24.8 Å². The van der Waals surface area contributed by atoms with Crippen molar-refractivity contribution in [2.75, 3.05) is 31.0 Å². The second-order valence-electron chi connectivity index (χ2n) is 6.06. The summed E-state index contributed by atoms with van der Waals surface area (Å²) in [5, 5.41) is 6.50. The van der Waals surface area contributed by atoms with E-state index in [0.29, 0.717) is 25.0 Å². The third kappa shape index (κ3) is 4.03. The molecule has 138 valence electrons. The summed E-state index contributed by atoms with van der Waals surface area (Å²) >= 11 is 0. The fourth-order valence-corrected chi connectivity index (χ4v) is 2.76. The van der Waals surface area contributed by atoms with Gasteiger partial charge in [0.2, 0.25) is 5.95 Å². The maximum atomic E-state index is 5.63. The molecule has 7 heteroatoms. The number of fused-ring (bicyclic) bond motifs is 1. The van der Waals surface area contributed by atoms with Crippen molar-refractivity contribution in [3.8, 4) is 17.2 Å². The summed E-state index contributed by atoms with van der Waals surface area (Å²) in [5.74, 6) is 3.49. The normalized spacial score (nSPS) is 12.4. The third-order valence-electron chi connectivity index (χ3n) is 4.01. The molecule has 4 rings (SSSR count). The molecule has 0 saturated carbocycles. The monoisotopic (exact) mass is 364 g/mol. The summed E-state index contributed by atoms with van der Waals surface area (Å²) in [6.07, 6.45) is 0. The van der Waals surface area contributed by atoms with Gasteiger partial charge in [-0.25, -0.2) is 4.98 Å². The van der Waals surface area contributed by atoms with Gasteiger partial charge >= 0.3 is 0 Å². The van der Waals surface area contributed by atoms with E-state index in [4.69, 9.17) is 14.2 Å². The highest BCUT2D eigenvalue weighted by atomic mass is 16.6. The number of hydrogen-bond acceptors (Lipinski definition) is 7. The molecule has 0 fully saturated rings. The van der Waals surface area contributed by atoms with Crippen LogP contribution >= 0.6 is 0 Å². The molecule has 3 aromatic rings. The molecule has 27 heavy (non-hydrogen) atoms. The highest BCUT2D eigenvalue weighted by Gasteiger charge is 2.12. The maximum absolute atomic E-state index is 5.63. The first-order valence-electron chi connectivity index (χ1n) is 8.63. The second-order valence-corrected chi connectivity index (χ2v) is 6.06. The van der Waals surface area contributed by atoms with E-state index in [1.54, 1.807) is 7.11 Å². The molecule has 0 bridgehead atoms. The lowest BCUT2D eigenvalue weighted by molar-refractivity contribution is 0.171. The first kappa shape index (κ1) is 17.0. The smallest absolute Gasteiger partial charge is 0.229 e. The Hall–Kier alpha value is -3.48. The van der Waals surface area contributed by atoms with E-state index in [-0.39, 0.29) is 0 Å². The summed E-state index contributed by atoms with van der Waals surface area (Å²) in [5.41, 5.74) is 2.60. The van der Waals surface area contributed by atoms with Gasteiger partial charge in [0, 0.05) is 29.2 Å². The zero-order valence-corrected chi connectivity index (χ0v) is 15.2. The number of ether oxygens (including phenoxy) is 3. The van der Waals surface area contributed by atoms with E-state index in [1.807, 2.05) is 55.5 Å². The molecular formula is C20H20N4O3. The Bertz CT molecular complexity index is 944. The highest BCUT2D eigenvalue weighted by molar-refractivity contribution is 5.63. The van der Waals surface area contributed by atoms with E-state index in [9.17, 15) is 0 Å². The van der Waals surface area contributed by atoms with Gasteiger partial charge in [-0.2, -0.15) is 4.98 Å². The van der Waals surface area contributed by atoms with Gasteiger partial charge in [-0.15, -0.1) is 0 Å². The largest absolute Gasteiger partial charge is 0.497 e. The minimum Gasteiger partial charge on any atom is -0.497 e. The molecule has 1 aliphatic heterocycles. The average Bonchev–Trinajstić information content (AvgIpc) is 2.68. The highest BCUT2D eigenvalue weighted by Crippen LogP contribution is 2.33. The number of methoxy groups -OCH3 is 1. The van der Waals surface area contributed by atoms with Crippen LogP contribution in [0, 0.1) is 6.92 Å². The average molecular weight is 364 g/mol. The summed E-state index contributed by atoms with van der Waals surface area (Å²) < 4.78 is 16.4. The zero-order chi connectivity index (χ0) is 18.6. The lowest BCUT2D eigenvalue weighted by Crippen LogP contribution is -2.15. The van der Waals surface area contributed by atoms with Crippen molar-refractivity contribution in [2.24, 2.45) is 0 Å². The van der Waals surface area contributed by atoms with Crippen molar-refractivity contribution in [2.45, 2.75) is 6.92 Å². The Morgan fingerprint density at radius 2 is 1.59 bits per heavy atom. The van der Waals surface area contributed by atoms with Crippen LogP contribution in [0.5, 0.6) is 17.2 Å². The molecular weight excluding hydrogens is 344 g/mol. The number of anilines is 4. The first-order chi connectivity index (χ1) is 13.2. The van der Waals surface area contributed by atoms with Crippen LogP contribution in [0.3, 0.4) is 0 Å². The Balaban J connectivity index is 1.53. The fraction of sp³-hybridized carbons (Fsp3) is 0.200. The van der Waals surface area contributed by atoms with Crippen LogP contribution in [-0.4, -0.2) is 30.3 Å². The number of hydrogen-bond donors (Lipinski definition) is 2. The first-order valence-corrected chi connectivity index (χ1v) is 8.63. The van der Waals surface area contributed by atoms with Crippen LogP contribution in [0.4, 0.5) is 23.1 Å². The Labute approximate surface area is 157 Å². The Morgan fingerprint density at radius 3 is 2.37 bits per heavy atom. The predicted molar refractivity (Wildman–Crippen MR) is 104 cm³/mol. The van der Waals surface area contributed by atoms with Crippen LogP contribution in [0.1, 0.15) is 5.69 Å². The molecule has 0 unspecified atom stereocenters. The topological polar surface area (TPSA) is 77.5 Å². The second kappa shape index (κ2) is 7.41. The molecule has 0 aliphatic carbocycles. The van der Waals surface area contributed by atoms with E-state index < -0.39 is 0 Å². The van der Waals surface area contributed by atoms with Crippen LogP contribution in [0.25, 0.3) is 0 Å². The van der Waals surface area contributed by atoms with Crippen LogP contribution in [0.15, 0.2) is 48.5 Å². The van der Waals surface area contributed by atoms with Gasteiger partial charge in [0.15, 0.2) is 11.5 Å². The molecule has 2 heterocycles. The van der Waals surface area contributed by atoms with Gasteiger partial charge in [0.25, 0.3) is 0 Å². The molecule has 0 spiro atoms. The van der Waals surface area contributed by atoms with Crippen molar-refractivity contribution >= 4 is 23.1 Å². The molecule has 0 atom stereocenters. The minimum absolute atomic E-state index is 0.514. The van der Waals surface area contributed by atoms with Gasteiger partial charge < -0.3 is 24.8 Å². The summed E-state index contributed by atoms with van der Waals surface area (Å²) in [6.45, 7) is 3.06. The standard InChI is InChI=1S/C20H20N4O3/c1-13-11-19(22-15-5-8-17-18(12-15)27-10-9-26-17)24-20(21-13)23-14-3-6-16(25-2)7-4-14/h3-8,11-12H,9-10H2,1-2H3,(H2,21,22,23,24). The van der Waals surface area contributed by atoms with Gasteiger partial charge in [-0.1, -0.05) is 0 Å². The van der Waals surface area contributed by atoms with Gasteiger partial charge in [-0.05, 0) is 43.3 Å². The molecule has 0 saturated heterocycles. The summed E-state index contributed by atoms with van der Waals surface area (Å²) in [4.78, 5) is 8.99. The number of aryl methyl sites for hydroxylation is 1. The number of nitrogens with one attached hydrogen (secondary N) is 2. The van der Waals surface area contributed by atoms with E-state index in [0.717, 1.165) is 34.3 Å². The zero-order valence-electron chi connectivity index (χ0n) is 15.2. The molecule has 0 amide bonds. The van der Waals surface area contributed by atoms with Gasteiger partial charge in [-0.3, -0.25) is 0 Å². The summed E-state index contributed by atoms with van der Waals surface area (Å²) in [7, 11) is 1.64. The number of rotatable bonds is 5. The molecule has 7 nitrogen and oxygen atoms in total. The van der Waals surface area contributed by atoms with Crippen LogP contribution in [-0.2, 0) is 0 Å². The minimum atomic E-state index is 0.514. The van der Waals surface area contributed by atoms with Crippen LogP contribution in [0.2, 0.25) is 0 Å².